The maximum Gasteiger partial charge on any atom is 0.408 e. The van der Waals surface area contributed by atoms with E-state index in [0.717, 1.165) is 12.5 Å². The Morgan fingerprint density at radius 2 is 2.31 bits per heavy atom. The number of ether oxygens (including phenoxy) is 1. The lowest BCUT2D eigenvalue weighted by atomic mass is 10.1. The number of nitrogens with zero attached hydrogens (tertiary/aromatic N) is 1. The molecule has 0 fully saturated rings. The fourth-order valence-electron chi connectivity index (χ4n) is 0.991. The van der Waals surface area contributed by atoms with Gasteiger partial charge in [-0.3, -0.25) is 0 Å². The lowest BCUT2D eigenvalue weighted by Gasteiger charge is -2.16. The minimum absolute atomic E-state index is 0.00911. The standard InChI is InChI=1S/C12H14N2O2/c1-12(2,9-13)14-11(15)16-8-10-6-4-3-5-7-10/h3-7H,8H2,1-2H3,(H,14,15)/i1D3. The zero-order chi connectivity index (χ0) is 14.5. The van der Waals surface area contributed by atoms with Gasteiger partial charge in [0.25, 0.3) is 0 Å². The molecule has 16 heavy (non-hydrogen) atoms. The van der Waals surface area contributed by atoms with Crippen LogP contribution < -0.4 is 5.32 Å². The van der Waals surface area contributed by atoms with E-state index in [4.69, 9.17) is 14.1 Å². The van der Waals surface area contributed by atoms with Gasteiger partial charge in [-0.2, -0.15) is 5.26 Å². The third kappa shape index (κ3) is 4.01. The maximum atomic E-state index is 11.5. The second kappa shape index (κ2) is 5.17. The fourth-order valence-corrected chi connectivity index (χ4v) is 0.991. The molecular formula is C12H14N2O2. The van der Waals surface area contributed by atoms with Crippen LogP contribution in [-0.2, 0) is 11.3 Å². The number of hydrogen-bond donors (Lipinski definition) is 1. The van der Waals surface area contributed by atoms with Gasteiger partial charge in [0.2, 0.25) is 0 Å². The smallest absolute Gasteiger partial charge is 0.408 e. The summed E-state index contributed by atoms with van der Waals surface area (Å²) in [5.41, 5.74) is -1.20. The van der Waals surface area contributed by atoms with Gasteiger partial charge in [0.1, 0.15) is 12.1 Å². The van der Waals surface area contributed by atoms with E-state index in [1.165, 1.54) is 0 Å². The van der Waals surface area contributed by atoms with Crippen molar-refractivity contribution in [3.8, 4) is 6.07 Å². The number of nitrogens with one attached hydrogen (secondary N) is 1. The topological polar surface area (TPSA) is 62.1 Å². The predicted molar refractivity (Wildman–Crippen MR) is 59.5 cm³/mol. The van der Waals surface area contributed by atoms with Gasteiger partial charge in [-0.05, 0) is 19.3 Å². The summed E-state index contributed by atoms with van der Waals surface area (Å²) < 4.78 is 26.5. The number of benzene rings is 1. The molecule has 0 aliphatic heterocycles. The number of alkyl carbamates (subject to hydrolysis) is 1. The van der Waals surface area contributed by atoms with Gasteiger partial charge in [0.05, 0.1) is 6.07 Å². The minimum Gasteiger partial charge on any atom is -0.445 e. The highest BCUT2D eigenvalue weighted by atomic mass is 16.5. The Balaban J connectivity index is 2.59. The van der Waals surface area contributed by atoms with E-state index in [9.17, 15) is 4.79 Å². The Morgan fingerprint density at radius 3 is 2.88 bits per heavy atom. The van der Waals surface area contributed by atoms with Crippen LogP contribution in [0, 0.1) is 11.3 Å². The zero-order valence-electron chi connectivity index (χ0n) is 11.9. The van der Waals surface area contributed by atoms with Gasteiger partial charge < -0.3 is 10.1 Å². The lowest BCUT2D eigenvalue weighted by molar-refractivity contribution is 0.133. The van der Waals surface area contributed by atoms with E-state index >= 15 is 0 Å². The summed E-state index contributed by atoms with van der Waals surface area (Å²) in [5.74, 6) is 0. The summed E-state index contributed by atoms with van der Waals surface area (Å²) in [5, 5.41) is 10.9. The molecule has 0 saturated carbocycles. The fraction of sp³-hybridized carbons (Fsp3) is 0.333. The molecule has 1 rings (SSSR count). The first-order valence-electron chi connectivity index (χ1n) is 6.18. The first kappa shape index (κ1) is 8.17. The van der Waals surface area contributed by atoms with Crippen molar-refractivity contribution in [1.82, 2.24) is 5.32 Å². The predicted octanol–water partition coefficient (Wildman–Crippen LogP) is 2.21. The summed E-state index contributed by atoms with van der Waals surface area (Å²) >= 11 is 0. The second-order valence-corrected chi connectivity index (χ2v) is 3.42. The number of carbonyl (C=O) groups excluding carboxylic acids is 1. The Morgan fingerprint density at radius 1 is 1.62 bits per heavy atom. The highest BCUT2D eigenvalue weighted by Crippen LogP contribution is 2.03. The van der Waals surface area contributed by atoms with Gasteiger partial charge in [-0.15, -0.1) is 0 Å². The molecule has 0 aliphatic carbocycles. The van der Waals surface area contributed by atoms with Crippen molar-refractivity contribution >= 4 is 6.09 Å². The molecule has 4 heteroatoms. The van der Waals surface area contributed by atoms with E-state index in [-0.39, 0.29) is 6.61 Å². The van der Waals surface area contributed by atoms with Crippen LogP contribution in [0.3, 0.4) is 0 Å². The van der Waals surface area contributed by atoms with Gasteiger partial charge in [-0.1, -0.05) is 30.3 Å². The number of nitriles is 1. The summed E-state index contributed by atoms with van der Waals surface area (Å²) in [6, 6.07) is 10.5. The number of carbonyl (C=O) groups is 1. The second-order valence-electron chi connectivity index (χ2n) is 3.42. The van der Waals surface area contributed by atoms with Gasteiger partial charge >= 0.3 is 6.09 Å². The van der Waals surface area contributed by atoms with Crippen LogP contribution in [0.5, 0.6) is 0 Å². The largest absolute Gasteiger partial charge is 0.445 e. The molecule has 0 saturated heterocycles. The molecule has 0 radical (unpaired) electrons. The van der Waals surface area contributed by atoms with E-state index in [2.05, 4.69) is 5.32 Å². The van der Waals surface area contributed by atoms with Gasteiger partial charge in [0.15, 0.2) is 0 Å². The third-order valence-electron chi connectivity index (χ3n) is 1.79. The Hall–Kier alpha value is -2.02. The van der Waals surface area contributed by atoms with E-state index in [0.29, 0.717) is 0 Å². The SMILES string of the molecule is [2H]C([2H])([2H])C(C)(C#N)NC(=O)OCc1ccccc1. The zero-order valence-corrected chi connectivity index (χ0v) is 8.86. The maximum absolute atomic E-state index is 11.5. The molecule has 1 aromatic rings. The highest BCUT2D eigenvalue weighted by Gasteiger charge is 2.19. The first-order valence-corrected chi connectivity index (χ1v) is 4.68. The van der Waals surface area contributed by atoms with Crippen molar-refractivity contribution in [2.45, 2.75) is 25.9 Å². The molecule has 1 amide bonds. The average Bonchev–Trinajstić information content (AvgIpc) is 2.36. The molecule has 0 bridgehead atoms. The third-order valence-corrected chi connectivity index (χ3v) is 1.79. The lowest BCUT2D eigenvalue weighted by Crippen LogP contribution is -2.42. The highest BCUT2D eigenvalue weighted by molar-refractivity contribution is 5.68. The van der Waals surface area contributed by atoms with Crippen molar-refractivity contribution in [1.29, 1.82) is 5.26 Å². The number of hydrogen-bond acceptors (Lipinski definition) is 3. The Bertz CT molecular complexity index is 482. The van der Waals surface area contributed by atoms with Crippen LogP contribution in [0.1, 0.15) is 23.5 Å². The summed E-state index contributed by atoms with van der Waals surface area (Å²) in [7, 11) is 0. The van der Waals surface area contributed by atoms with Crippen LogP contribution in [0.2, 0.25) is 0 Å². The molecule has 0 heterocycles. The molecule has 1 N–H and O–H groups in total. The molecular weight excluding hydrogens is 204 g/mol. The van der Waals surface area contributed by atoms with Crippen molar-refractivity contribution in [3.05, 3.63) is 35.9 Å². The molecule has 0 aromatic heterocycles. The van der Waals surface area contributed by atoms with Crippen LogP contribution in [0.15, 0.2) is 30.3 Å². The molecule has 1 atom stereocenters. The van der Waals surface area contributed by atoms with Crippen LogP contribution in [-0.4, -0.2) is 11.6 Å². The van der Waals surface area contributed by atoms with Gasteiger partial charge in [0, 0.05) is 4.11 Å². The molecule has 0 spiro atoms. The normalized spacial score (nSPS) is 16.9. The van der Waals surface area contributed by atoms with E-state index in [1.807, 2.05) is 6.07 Å². The summed E-state index contributed by atoms with van der Waals surface area (Å²) in [4.78, 5) is 11.5. The quantitative estimate of drug-likeness (QED) is 0.851. The number of amides is 1. The summed E-state index contributed by atoms with van der Waals surface area (Å²) in [6.45, 7) is -1.49. The molecule has 0 aliphatic rings. The first-order chi connectivity index (χ1) is 8.78. The molecule has 4 nitrogen and oxygen atoms in total. The van der Waals surface area contributed by atoms with Crippen molar-refractivity contribution in [2.24, 2.45) is 0 Å². The van der Waals surface area contributed by atoms with Gasteiger partial charge in [-0.25, -0.2) is 4.79 Å². The average molecular weight is 221 g/mol. The number of rotatable bonds is 3. The Labute approximate surface area is 99.1 Å². The molecule has 1 aromatic carbocycles. The Kier molecular flexibility index (Phi) is 2.64. The van der Waals surface area contributed by atoms with Crippen molar-refractivity contribution in [2.75, 3.05) is 0 Å². The van der Waals surface area contributed by atoms with Crippen molar-refractivity contribution in [3.63, 3.8) is 0 Å². The van der Waals surface area contributed by atoms with Crippen LogP contribution in [0.25, 0.3) is 0 Å². The van der Waals surface area contributed by atoms with Crippen LogP contribution >= 0.6 is 0 Å². The summed E-state index contributed by atoms with van der Waals surface area (Å²) in [6.07, 6.45) is -0.941. The van der Waals surface area contributed by atoms with E-state index < -0.39 is 18.5 Å². The van der Waals surface area contributed by atoms with E-state index in [1.54, 1.807) is 30.3 Å². The molecule has 84 valence electrons. The van der Waals surface area contributed by atoms with Crippen LogP contribution in [0.4, 0.5) is 4.79 Å². The van der Waals surface area contributed by atoms with Crippen molar-refractivity contribution < 1.29 is 13.6 Å². The monoisotopic (exact) mass is 221 g/mol. The minimum atomic E-state index is -2.63. The molecule has 1 unspecified atom stereocenters.